The zero-order valence-electron chi connectivity index (χ0n) is 14.9. The maximum atomic E-state index is 13.2. The van der Waals surface area contributed by atoms with E-state index >= 15 is 0 Å². The lowest BCUT2D eigenvalue weighted by Gasteiger charge is -2.22. The predicted octanol–water partition coefficient (Wildman–Crippen LogP) is 1.33. The minimum Gasteiger partial charge on any atom is -0.394 e. The fourth-order valence-corrected chi connectivity index (χ4v) is 3.34. The Bertz CT molecular complexity index is 884. The zero-order valence-corrected chi connectivity index (χ0v) is 14.9. The van der Waals surface area contributed by atoms with Crippen molar-refractivity contribution in [3.8, 4) is 22.9 Å². The van der Waals surface area contributed by atoms with Crippen LogP contribution in [0.2, 0.25) is 0 Å². The molecule has 8 nitrogen and oxygen atoms in total. The third-order valence-electron chi connectivity index (χ3n) is 4.70. The number of aliphatic hydroxyl groups excluding tert-OH is 1. The molecule has 0 bridgehead atoms. The molecule has 9 heteroatoms. The van der Waals surface area contributed by atoms with Crippen molar-refractivity contribution >= 4 is 0 Å². The smallest absolute Gasteiger partial charge is 0.181 e. The van der Waals surface area contributed by atoms with Crippen LogP contribution in [0.15, 0.2) is 30.5 Å². The van der Waals surface area contributed by atoms with Crippen LogP contribution in [0.1, 0.15) is 12.8 Å². The second kappa shape index (κ2) is 7.93. The van der Waals surface area contributed by atoms with E-state index in [0.29, 0.717) is 35.4 Å². The van der Waals surface area contributed by atoms with E-state index in [-0.39, 0.29) is 12.4 Å². The van der Waals surface area contributed by atoms with Crippen molar-refractivity contribution in [1.29, 1.82) is 0 Å². The van der Waals surface area contributed by atoms with Crippen LogP contribution in [-0.4, -0.2) is 54.6 Å². The average Bonchev–Trinajstić information content (AvgIpc) is 3.31. The van der Waals surface area contributed by atoms with Crippen molar-refractivity contribution in [2.45, 2.75) is 25.9 Å². The number of piperidine rings is 1. The third kappa shape index (κ3) is 4.04. The van der Waals surface area contributed by atoms with Gasteiger partial charge in [-0.05, 0) is 56.1 Å². The van der Waals surface area contributed by atoms with E-state index in [9.17, 15) is 9.50 Å². The summed E-state index contributed by atoms with van der Waals surface area (Å²) in [4.78, 5) is 4.55. The SMILES string of the molecule is OCCn1nc(-c2ccc(F)cc2)nc1-c1cn(CC2CCCNC2)nn1. The van der Waals surface area contributed by atoms with Gasteiger partial charge in [0.25, 0.3) is 0 Å². The molecule has 0 aliphatic carbocycles. The highest BCUT2D eigenvalue weighted by Gasteiger charge is 2.18. The summed E-state index contributed by atoms with van der Waals surface area (Å²) in [6, 6.07) is 6.00. The van der Waals surface area contributed by atoms with Crippen LogP contribution < -0.4 is 5.32 Å². The first-order chi connectivity index (χ1) is 13.2. The van der Waals surface area contributed by atoms with Crippen LogP contribution in [0.3, 0.4) is 0 Å². The Morgan fingerprint density at radius 2 is 2.11 bits per heavy atom. The van der Waals surface area contributed by atoms with Gasteiger partial charge in [-0.25, -0.2) is 14.1 Å². The molecular formula is C18H22FN7O. The highest BCUT2D eigenvalue weighted by Crippen LogP contribution is 2.22. The Hall–Kier alpha value is -2.65. The van der Waals surface area contributed by atoms with Crippen molar-refractivity contribution in [3.63, 3.8) is 0 Å². The van der Waals surface area contributed by atoms with E-state index in [0.717, 1.165) is 19.6 Å². The van der Waals surface area contributed by atoms with Gasteiger partial charge in [-0.1, -0.05) is 5.21 Å². The summed E-state index contributed by atoms with van der Waals surface area (Å²) in [6.45, 7) is 3.10. The molecule has 0 amide bonds. The van der Waals surface area contributed by atoms with Gasteiger partial charge in [0, 0.05) is 12.1 Å². The van der Waals surface area contributed by atoms with E-state index in [2.05, 4.69) is 25.7 Å². The van der Waals surface area contributed by atoms with Gasteiger partial charge in [0.1, 0.15) is 11.5 Å². The van der Waals surface area contributed by atoms with Gasteiger partial charge in [-0.15, -0.1) is 5.10 Å². The van der Waals surface area contributed by atoms with Crippen molar-refractivity contribution in [1.82, 2.24) is 35.1 Å². The molecule has 3 aromatic rings. The summed E-state index contributed by atoms with van der Waals surface area (Å²) >= 11 is 0. The Labute approximate surface area is 156 Å². The Kier molecular flexibility index (Phi) is 5.21. The highest BCUT2D eigenvalue weighted by atomic mass is 19.1. The monoisotopic (exact) mass is 371 g/mol. The second-order valence-electron chi connectivity index (χ2n) is 6.75. The number of hydrogen-bond acceptors (Lipinski definition) is 6. The molecule has 1 saturated heterocycles. The lowest BCUT2D eigenvalue weighted by Crippen LogP contribution is -2.32. The van der Waals surface area contributed by atoms with Crippen molar-refractivity contribution < 1.29 is 9.50 Å². The molecule has 0 radical (unpaired) electrons. The Balaban J connectivity index is 1.59. The molecule has 1 aliphatic heterocycles. The first-order valence-electron chi connectivity index (χ1n) is 9.16. The maximum Gasteiger partial charge on any atom is 0.181 e. The van der Waals surface area contributed by atoms with Crippen molar-refractivity contribution in [2.24, 2.45) is 5.92 Å². The lowest BCUT2D eigenvalue weighted by molar-refractivity contribution is 0.270. The molecular weight excluding hydrogens is 349 g/mol. The van der Waals surface area contributed by atoms with Crippen LogP contribution in [0.4, 0.5) is 4.39 Å². The molecule has 2 N–H and O–H groups in total. The topological polar surface area (TPSA) is 93.7 Å². The number of nitrogens with zero attached hydrogens (tertiary/aromatic N) is 6. The Morgan fingerprint density at radius 3 is 2.85 bits per heavy atom. The van der Waals surface area contributed by atoms with Crippen molar-refractivity contribution in [3.05, 3.63) is 36.3 Å². The van der Waals surface area contributed by atoms with Gasteiger partial charge in [-0.3, -0.25) is 4.68 Å². The number of hydrogen-bond donors (Lipinski definition) is 2. The standard InChI is InChI=1S/C18H22FN7O/c19-15-5-3-14(4-6-15)17-21-18(26(23-17)8-9-27)16-12-25(24-22-16)11-13-2-1-7-20-10-13/h3-6,12-13,20,27H,1-2,7-11H2. The first kappa shape index (κ1) is 17.7. The largest absolute Gasteiger partial charge is 0.394 e. The van der Waals surface area contributed by atoms with Gasteiger partial charge in [0.05, 0.1) is 19.3 Å². The third-order valence-corrected chi connectivity index (χ3v) is 4.70. The van der Waals surface area contributed by atoms with E-state index in [4.69, 9.17) is 0 Å². The number of benzene rings is 1. The highest BCUT2D eigenvalue weighted by molar-refractivity contribution is 5.58. The quantitative estimate of drug-likeness (QED) is 0.679. The van der Waals surface area contributed by atoms with E-state index in [1.54, 1.807) is 16.8 Å². The normalized spacial score (nSPS) is 17.3. The minimum atomic E-state index is -0.311. The number of rotatable bonds is 6. The fourth-order valence-electron chi connectivity index (χ4n) is 3.34. The molecule has 4 rings (SSSR count). The van der Waals surface area contributed by atoms with Crippen molar-refractivity contribution in [2.75, 3.05) is 19.7 Å². The van der Waals surface area contributed by atoms with Crippen LogP contribution >= 0.6 is 0 Å². The average molecular weight is 371 g/mol. The number of halogens is 1. The van der Waals surface area contributed by atoms with E-state index in [1.807, 2.05) is 10.9 Å². The molecule has 0 spiro atoms. The first-order valence-corrected chi connectivity index (χ1v) is 9.16. The number of nitrogens with one attached hydrogen (secondary N) is 1. The van der Waals surface area contributed by atoms with Gasteiger partial charge < -0.3 is 10.4 Å². The summed E-state index contributed by atoms with van der Waals surface area (Å²) in [6.07, 6.45) is 4.22. The zero-order chi connectivity index (χ0) is 18.6. The molecule has 1 unspecified atom stereocenters. The number of aliphatic hydroxyl groups is 1. The summed E-state index contributed by atoms with van der Waals surface area (Å²) in [5, 5.41) is 25.7. The minimum absolute atomic E-state index is 0.0684. The van der Waals surface area contributed by atoms with Crippen LogP contribution in [0, 0.1) is 11.7 Å². The van der Waals surface area contributed by atoms with Gasteiger partial charge in [-0.2, -0.15) is 5.10 Å². The summed E-state index contributed by atoms with van der Waals surface area (Å²) in [5.74, 6) is 1.23. The molecule has 2 aromatic heterocycles. The second-order valence-corrected chi connectivity index (χ2v) is 6.75. The molecule has 142 valence electrons. The molecule has 1 fully saturated rings. The predicted molar refractivity (Wildman–Crippen MR) is 97.1 cm³/mol. The number of aromatic nitrogens is 6. The summed E-state index contributed by atoms with van der Waals surface area (Å²) < 4.78 is 16.6. The molecule has 3 heterocycles. The molecule has 1 atom stereocenters. The van der Waals surface area contributed by atoms with E-state index in [1.165, 1.54) is 25.0 Å². The molecule has 27 heavy (non-hydrogen) atoms. The lowest BCUT2D eigenvalue weighted by atomic mass is 10.00. The fraction of sp³-hybridized carbons (Fsp3) is 0.444. The van der Waals surface area contributed by atoms with Crippen LogP contribution in [-0.2, 0) is 13.1 Å². The van der Waals surface area contributed by atoms with Gasteiger partial charge in [0.15, 0.2) is 11.6 Å². The van der Waals surface area contributed by atoms with Crippen LogP contribution in [0.25, 0.3) is 22.9 Å². The Morgan fingerprint density at radius 1 is 1.26 bits per heavy atom. The van der Waals surface area contributed by atoms with E-state index < -0.39 is 0 Å². The maximum absolute atomic E-state index is 13.2. The molecule has 1 aliphatic rings. The van der Waals surface area contributed by atoms with Gasteiger partial charge >= 0.3 is 0 Å². The summed E-state index contributed by atoms with van der Waals surface area (Å²) in [5.41, 5.74) is 1.31. The van der Waals surface area contributed by atoms with Crippen LogP contribution in [0.5, 0.6) is 0 Å². The summed E-state index contributed by atoms with van der Waals surface area (Å²) in [7, 11) is 0. The van der Waals surface area contributed by atoms with Gasteiger partial charge in [0.2, 0.25) is 0 Å². The molecule has 1 aromatic carbocycles. The molecule has 0 saturated carbocycles.